The fourth-order valence-electron chi connectivity index (χ4n) is 4.68. The molecule has 0 saturated heterocycles. The number of carbonyl (C=O) groups excluding carboxylic acids is 1. The zero-order chi connectivity index (χ0) is 27.2. The molecule has 4 aromatic rings. The van der Waals surface area contributed by atoms with Gasteiger partial charge in [-0.15, -0.1) is 0 Å². The fraction of sp³-hybridized carbons (Fsp3) is 0.400. The summed E-state index contributed by atoms with van der Waals surface area (Å²) >= 11 is 1.27. The van der Waals surface area contributed by atoms with Crippen molar-refractivity contribution in [2.45, 2.75) is 40.2 Å². The molecule has 8 heteroatoms. The molecule has 2 aromatic carbocycles. The largest absolute Gasteiger partial charge is 0.338 e. The summed E-state index contributed by atoms with van der Waals surface area (Å²) in [5.41, 5.74) is 3.55. The number of fused-ring (bicyclic) bond motifs is 1. The lowest BCUT2D eigenvalue weighted by Crippen LogP contribution is -2.38. The maximum absolute atomic E-state index is 13.6. The third kappa shape index (κ3) is 6.74. The average Bonchev–Trinajstić information content (AvgIpc) is 3.26. The van der Waals surface area contributed by atoms with Crippen molar-refractivity contribution in [2.75, 3.05) is 33.7 Å². The molecule has 0 fully saturated rings. The molecule has 0 bridgehead atoms. The molecule has 0 aliphatic carbocycles. The molecule has 7 nitrogen and oxygen atoms in total. The summed E-state index contributed by atoms with van der Waals surface area (Å²) in [6.07, 6.45) is 1.47. The van der Waals surface area contributed by atoms with Gasteiger partial charge in [0.1, 0.15) is 5.82 Å². The number of aryl methyl sites for hydroxylation is 2. The summed E-state index contributed by atoms with van der Waals surface area (Å²) in [6, 6.07) is 17.7. The van der Waals surface area contributed by atoms with Crippen LogP contribution in [-0.4, -0.2) is 63.4 Å². The normalized spacial score (nSPS) is 12.3. The van der Waals surface area contributed by atoms with Crippen molar-refractivity contribution in [2.24, 2.45) is 5.92 Å². The van der Waals surface area contributed by atoms with Crippen molar-refractivity contribution in [1.82, 2.24) is 23.7 Å². The maximum atomic E-state index is 13.6. The van der Waals surface area contributed by atoms with Crippen LogP contribution in [0, 0.1) is 19.8 Å². The second-order valence-corrected chi connectivity index (χ2v) is 11.2. The molecular weight excluding hydrogens is 494 g/mol. The Bertz CT molecular complexity index is 1430. The minimum absolute atomic E-state index is 0.0405. The summed E-state index contributed by atoms with van der Waals surface area (Å²) in [5.74, 6) is 0.876. The molecule has 38 heavy (non-hydrogen) atoms. The van der Waals surface area contributed by atoms with E-state index in [-0.39, 0.29) is 17.4 Å². The van der Waals surface area contributed by atoms with Crippen LogP contribution in [0.3, 0.4) is 0 Å². The van der Waals surface area contributed by atoms with E-state index in [1.165, 1.54) is 11.5 Å². The number of amides is 1. The Balaban J connectivity index is 1.60. The van der Waals surface area contributed by atoms with Crippen LogP contribution in [0.4, 0.5) is 0 Å². The number of hydrogen-bond donors (Lipinski definition) is 0. The monoisotopic (exact) mass is 531 g/mol. The minimum atomic E-state index is -0.0501. The van der Waals surface area contributed by atoms with Crippen LogP contribution >= 0.6 is 11.5 Å². The van der Waals surface area contributed by atoms with Crippen LogP contribution in [0.2, 0.25) is 0 Å². The zero-order valence-corrected chi connectivity index (χ0v) is 23.8. The molecule has 0 radical (unpaired) electrons. The van der Waals surface area contributed by atoms with Gasteiger partial charge in [-0.2, -0.15) is 4.37 Å². The summed E-state index contributed by atoms with van der Waals surface area (Å²) in [5, 5.41) is 0.599. The van der Waals surface area contributed by atoms with E-state index in [1.54, 1.807) is 4.57 Å². The van der Waals surface area contributed by atoms with E-state index in [2.05, 4.69) is 16.2 Å². The number of carbonyl (C=O) groups is 1. The Morgan fingerprint density at radius 2 is 1.74 bits per heavy atom. The van der Waals surface area contributed by atoms with Crippen LogP contribution in [0.1, 0.15) is 46.3 Å². The highest BCUT2D eigenvalue weighted by atomic mass is 32.1. The van der Waals surface area contributed by atoms with E-state index in [0.717, 1.165) is 35.6 Å². The lowest BCUT2D eigenvalue weighted by atomic mass is 10.0. The molecule has 0 aliphatic rings. The predicted octanol–water partition coefficient (Wildman–Crippen LogP) is 4.79. The van der Waals surface area contributed by atoms with Crippen molar-refractivity contribution < 1.29 is 4.79 Å². The van der Waals surface area contributed by atoms with Gasteiger partial charge >= 0.3 is 0 Å². The Morgan fingerprint density at radius 1 is 1.03 bits per heavy atom. The second kappa shape index (κ2) is 12.5. The van der Waals surface area contributed by atoms with Gasteiger partial charge in [0, 0.05) is 25.1 Å². The van der Waals surface area contributed by atoms with Crippen LogP contribution in [0.15, 0.2) is 59.4 Å². The van der Waals surface area contributed by atoms with Crippen LogP contribution < -0.4 is 5.56 Å². The third-order valence-corrected chi connectivity index (χ3v) is 7.55. The van der Waals surface area contributed by atoms with E-state index in [1.807, 2.05) is 87.4 Å². The molecular formula is C30H37N5O2S. The van der Waals surface area contributed by atoms with Gasteiger partial charge in [0.25, 0.3) is 11.5 Å². The first-order chi connectivity index (χ1) is 18.2. The summed E-state index contributed by atoms with van der Waals surface area (Å²) < 4.78 is 6.18. The van der Waals surface area contributed by atoms with Crippen molar-refractivity contribution in [3.63, 3.8) is 0 Å². The molecule has 0 aliphatic heterocycles. The maximum Gasteiger partial charge on any atom is 0.264 e. The van der Waals surface area contributed by atoms with Gasteiger partial charge in [-0.05, 0) is 76.1 Å². The van der Waals surface area contributed by atoms with Crippen LogP contribution in [0.25, 0.3) is 10.2 Å². The third-order valence-electron chi connectivity index (χ3n) is 6.71. The number of benzene rings is 2. The van der Waals surface area contributed by atoms with E-state index >= 15 is 0 Å². The van der Waals surface area contributed by atoms with E-state index in [0.29, 0.717) is 41.8 Å². The lowest BCUT2D eigenvalue weighted by Gasteiger charge is -2.27. The number of rotatable bonds is 11. The predicted molar refractivity (Wildman–Crippen MR) is 155 cm³/mol. The van der Waals surface area contributed by atoms with Gasteiger partial charge in [-0.25, -0.2) is 4.98 Å². The number of hydrogen-bond acceptors (Lipinski definition) is 6. The highest BCUT2D eigenvalue weighted by Crippen LogP contribution is 2.20. The van der Waals surface area contributed by atoms with Crippen LogP contribution in [-0.2, 0) is 13.0 Å². The Labute approximate surface area is 228 Å². The highest BCUT2D eigenvalue weighted by Gasteiger charge is 2.22. The molecule has 1 atom stereocenters. The number of nitrogens with zero attached hydrogens (tertiary/aromatic N) is 5. The van der Waals surface area contributed by atoms with Crippen LogP contribution in [0.5, 0.6) is 0 Å². The van der Waals surface area contributed by atoms with Crippen molar-refractivity contribution in [3.8, 4) is 0 Å². The quantitative estimate of drug-likeness (QED) is 0.278. The molecule has 4 rings (SSSR count). The highest BCUT2D eigenvalue weighted by molar-refractivity contribution is 7.12. The summed E-state index contributed by atoms with van der Waals surface area (Å²) in [7, 11) is 4.09. The smallest absolute Gasteiger partial charge is 0.264 e. The average molecular weight is 532 g/mol. The standard InChI is InChI=1S/C30H37N5O2S/c1-21-12-14-25(15-13-21)29(36)34(17-9-16-33(4)5)19-22(2)18-26-31-28-27(23(3)32-38-28)30(37)35(26)20-24-10-7-6-8-11-24/h6-8,10-15,22H,9,16-20H2,1-5H3. The van der Waals surface area contributed by atoms with Gasteiger partial charge in [0.05, 0.1) is 17.6 Å². The molecule has 2 aromatic heterocycles. The fourth-order valence-corrected chi connectivity index (χ4v) is 5.47. The molecule has 200 valence electrons. The molecule has 0 N–H and O–H groups in total. The first kappa shape index (κ1) is 27.7. The van der Waals surface area contributed by atoms with Gasteiger partial charge in [0.2, 0.25) is 0 Å². The van der Waals surface area contributed by atoms with Gasteiger partial charge < -0.3 is 9.80 Å². The van der Waals surface area contributed by atoms with Crippen molar-refractivity contribution in [3.05, 3.63) is 93.2 Å². The number of aromatic nitrogens is 3. The zero-order valence-electron chi connectivity index (χ0n) is 23.0. The second-order valence-electron chi connectivity index (χ2n) is 10.4. The van der Waals surface area contributed by atoms with Crippen molar-refractivity contribution >= 4 is 27.7 Å². The van der Waals surface area contributed by atoms with E-state index in [9.17, 15) is 9.59 Å². The van der Waals surface area contributed by atoms with Gasteiger partial charge in [-0.3, -0.25) is 14.2 Å². The molecule has 1 amide bonds. The topological polar surface area (TPSA) is 71.3 Å². The molecule has 0 saturated carbocycles. The molecule has 0 spiro atoms. The van der Waals surface area contributed by atoms with Gasteiger partial charge in [0.15, 0.2) is 4.83 Å². The Hall–Kier alpha value is -3.36. The lowest BCUT2D eigenvalue weighted by molar-refractivity contribution is 0.0725. The van der Waals surface area contributed by atoms with E-state index < -0.39 is 0 Å². The Kier molecular flexibility index (Phi) is 9.07. The first-order valence-electron chi connectivity index (χ1n) is 13.1. The van der Waals surface area contributed by atoms with E-state index in [4.69, 9.17) is 4.98 Å². The van der Waals surface area contributed by atoms with Gasteiger partial charge in [-0.1, -0.05) is 55.0 Å². The minimum Gasteiger partial charge on any atom is -0.338 e. The van der Waals surface area contributed by atoms with Crippen molar-refractivity contribution in [1.29, 1.82) is 0 Å². The molecule has 1 unspecified atom stereocenters. The SMILES string of the molecule is Cc1ccc(C(=O)N(CCCN(C)C)CC(C)Cc2nc3snc(C)c3c(=O)n2Cc2ccccc2)cc1. The summed E-state index contributed by atoms with van der Waals surface area (Å²) in [6.45, 7) is 8.63. The molecule has 2 heterocycles. The summed E-state index contributed by atoms with van der Waals surface area (Å²) in [4.78, 5) is 36.8. The Morgan fingerprint density at radius 3 is 2.42 bits per heavy atom. The first-order valence-corrected chi connectivity index (χ1v) is 13.9.